The van der Waals surface area contributed by atoms with Crippen molar-refractivity contribution in [2.75, 3.05) is 13.2 Å². The summed E-state index contributed by atoms with van der Waals surface area (Å²) in [7, 11) is 0. The van der Waals surface area contributed by atoms with E-state index in [9.17, 15) is 18.0 Å². The molecule has 0 aliphatic rings. The minimum Gasteiger partial charge on any atom is -0.494 e. The fraction of sp³-hybridized carbons (Fsp3) is 0.250. The Balaban J connectivity index is 1.84. The fourth-order valence-corrected chi connectivity index (χ4v) is 2.18. The van der Waals surface area contributed by atoms with Crippen LogP contribution >= 0.6 is 0 Å². The van der Waals surface area contributed by atoms with Gasteiger partial charge in [0.2, 0.25) is 5.91 Å². The highest BCUT2D eigenvalue weighted by molar-refractivity contribution is 5.78. The first-order valence-electron chi connectivity index (χ1n) is 8.03. The van der Waals surface area contributed by atoms with Crippen molar-refractivity contribution in [3.05, 3.63) is 65.2 Å². The molecule has 0 aliphatic heterocycles. The van der Waals surface area contributed by atoms with Gasteiger partial charge in [0.15, 0.2) is 0 Å². The average Bonchev–Trinajstić information content (AvgIpc) is 2.60. The molecule has 2 aromatic rings. The Morgan fingerprint density at radius 1 is 1.15 bits per heavy atom. The molecule has 136 valence electrons. The van der Waals surface area contributed by atoms with Crippen LogP contribution in [0.3, 0.4) is 0 Å². The van der Waals surface area contributed by atoms with Gasteiger partial charge in [0, 0.05) is 5.56 Å². The zero-order valence-electron chi connectivity index (χ0n) is 14.2. The number of ether oxygens (including phenoxy) is 1. The van der Waals surface area contributed by atoms with Crippen LogP contribution in [0, 0.1) is 11.8 Å². The maximum absolute atomic E-state index is 12.6. The average molecular weight is 361 g/mol. The van der Waals surface area contributed by atoms with Crippen LogP contribution in [-0.4, -0.2) is 19.1 Å². The van der Waals surface area contributed by atoms with Crippen LogP contribution in [0.5, 0.6) is 5.75 Å². The predicted octanol–water partition coefficient (Wildman–Crippen LogP) is 3.81. The van der Waals surface area contributed by atoms with E-state index >= 15 is 0 Å². The van der Waals surface area contributed by atoms with Gasteiger partial charge < -0.3 is 10.1 Å². The molecule has 0 saturated heterocycles. The first kappa shape index (κ1) is 19.4. The molecule has 0 unspecified atom stereocenters. The van der Waals surface area contributed by atoms with Crippen molar-refractivity contribution < 1.29 is 22.7 Å². The Morgan fingerprint density at radius 3 is 2.54 bits per heavy atom. The summed E-state index contributed by atoms with van der Waals surface area (Å²) in [5.74, 6) is 5.79. The minimum atomic E-state index is -4.40. The monoisotopic (exact) mass is 361 g/mol. The van der Waals surface area contributed by atoms with Crippen LogP contribution in [0.15, 0.2) is 48.5 Å². The Kier molecular flexibility index (Phi) is 6.67. The molecule has 6 heteroatoms. The van der Waals surface area contributed by atoms with Gasteiger partial charge in [-0.3, -0.25) is 4.79 Å². The van der Waals surface area contributed by atoms with Crippen molar-refractivity contribution in [1.82, 2.24) is 5.32 Å². The maximum Gasteiger partial charge on any atom is 0.416 e. The molecular weight excluding hydrogens is 343 g/mol. The lowest BCUT2D eigenvalue weighted by molar-refractivity contribution is -0.137. The molecule has 0 atom stereocenters. The van der Waals surface area contributed by atoms with E-state index in [1.807, 2.05) is 6.92 Å². The lowest BCUT2D eigenvalue weighted by Gasteiger charge is -2.06. The number of nitrogens with one attached hydrogen (secondary N) is 1. The number of amides is 1. The molecule has 0 bridgehead atoms. The zero-order chi connectivity index (χ0) is 19.0. The summed E-state index contributed by atoms with van der Waals surface area (Å²) in [4.78, 5) is 11.9. The fourth-order valence-electron chi connectivity index (χ4n) is 2.18. The Labute approximate surface area is 150 Å². The third kappa shape index (κ3) is 6.17. The van der Waals surface area contributed by atoms with Gasteiger partial charge in [0.05, 0.1) is 25.1 Å². The quantitative estimate of drug-likeness (QED) is 0.823. The molecule has 2 rings (SSSR count). The lowest BCUT2D eigenvalue weighted by Crippen LogP contribution is -2.25. The normalized spacial score (nSPS) is 10.6. The molecule has 0 aromatic heterocycles. The number of halogens is 3. The second-order valence-corrected chi connectivity index (χ2v) is 5.41. The van der Waals surface area contributed by atoms with E-state index in [0.29, 0.717) is 6.61 Å². The van der Waals surface area contributed by atoms with Crippen molar-refractivity contribution in [3.63, 3.8) is 0 Å². The molecule has 0 heterocycles. The van der Waals surface area contributed by atoms with E-state index in [-0.39, 0.29) is 24.4 Å². The second kappa shape index (κ2) is 8.95. The van der Waals surface area contributed by atoms with Crippen LogP contribution in [0.2, 0.25) is 0 Å². The third-order valence-corrected chi connectivity index (χ3v) is 3.40. The van der Waals surface area contributed by atoms with Gasteiger partial charge in [-0.1, -0.05) is 30.0 Å². The number of alkyl halides is 3. The van der Waals surface area contributed by atoms with Crippen LogP contribution in [0.1, 0.15) is 23.6 Å². The summed E-state index contributed by atoms with van der Waals surface area (Å²) in [5, 5.41) is 2.62. The Morgan fingerprint density at radius 2 is 1.88 bits per heavy atom. The summed E-state index contributed by atoms with van der Waals surface area (Å²) in [5.41, 5.74) is 0.334. The van der Waals surface area contributed by atoms with Gasteiger partial charge in [-0.2, -0.15) is 13.2 Å². The summed E-state index contributed by atoms with van der Waals surface area (Å²) in [6.07, 6.45) is -4.21. The highest BCUT2D eigenvalue weighted by Gasteiger charge is 2.30. The van der Waals surface area contributed by atoms with E-state index in [0.717, 1.165) is 23.4 Å². The first-order chi connectivity index (χ1) is 12.4. The first-order valence-corrected chi connectivity index (χ1v) is 8.03. The van der Waals surface area contributed by atoms with Gasteiger partial charge in [-0.15, -0.1) is 0 Å². The standard InChI is InChI=1S/C20H18F3NO2/c1-2-26-18-10-8-16(9-11-18)14-19(25)24-12-4-6-15-5-3-7-17(13-15)20(21,22)23/h3,5,7-11,13H,2,12,14H2,1H3,(H,24,25). The molecular formula is C20H18F3NO2. The Bertz CT molecular complexity index is 802. The lowest BCUT2D eigenvalue weighted by atomic mass is 10.1. The maximum atomic E-state index is 12.6. The SMILES string of the molecule is CCOc1ccc(CC(=O)NCC#Cc2cccc(C(F)(F)F)c2)cc1. The largest absolute Gasteiger partial charge is 0.494 e. The van der Waals surface area contributed by atoms with Crippen LogP contribution < -0.4 is 10.1 Å². The third-order valence-electron chi connectivity index (χ3n) is 3.40. The molecule has 0 fully saturated rings. The number of carbonyl (C=O) groups excluding carboxylic acids is 1. The summed E-state index contributed by atoms with van der Waals surface area (Å²) in [6, 6.07) is 12.0. The van der Waals surface area contributed by atoms with Crippen molar-refractivity contribution in [2.45, 2.75) is 19.5 Å². The van der Waals surface area contributed by atoms with Crippen LogP contribution in [0.4, 0.5) is 13.2 Å². The van der Waals surface area contributed by atoms with Gasteiger partial charge in [-0.25, -0.2) is 0 Å². The number of rotatable bonds is 5. The van der Waals surface area contributed by atoms with Gasteiger partial charge in [-0.05, 0) is 42.8 Å². The van der Waals surface area contributed by atoms with Crippen LogP contribution in [0.25, 0.3) is 0 Å². The van der Waals surface area contributed by atoms with E-state index in [2.05, 4.69) is 17.2 Å². The second-order valence-electron chi connectivity index (χ2n) is 5.41. The molecule has 3 nitrogen and oxygen atoms in total. The van der Waals surface area contributed by atoms with Crippen molar-refractivity contribution in [2.24, 2.45) is 0 Å². The van der Waals surface area contributed by atoms with Gasteiger partial charge >= 0.3 is 6.18 Å². The molecule has 0 radical (unpaired) electrons. The summed E-state index contributed by atoms with van der Waals surface area (Å²) in [6.45, 7) is 2.53. The van der Waals surface area contributed by atoms with Gasteiger partial charge in [0.25, 0.3) is 0 Å². The molecule has 0 saturated carbocycles. The van der Waals surface area contributed by atoms with Gasteiger partial charge in [0.1, 0.15) is 5.75 Å². The van der Waals surface area contributed by atoms with E-state index in [4.69, 9.17) is 4.74 Å². The van der Waals surface area contributed by atoms with E-state index in [1.165, 1.54) is 12.1 Å². The number of hydrogen-bond acceptors (Lipinski definition) is 2. The van der Waals surface area contributed by atoms with Crippen molar-refractivity contribution >= 4 is 5.91 Å². The van der Waals surface area contributed by atoms with E-state index < -0.39 is 11.7 Å². The Hall–Kier alpha value is -2.94. The minimum absolute atomic E-state index is 0.0616. The highest BCUT2D eigenvalue weighted by atomic mass is 19.4. The molecule has 2 aromatic carbocycles. The van der Waals surface area contributed by atoms with E-state index in [1.54, 1.807) is 24.3 Å². The molecule has 0 aliphatic carbocycles. The molecule has 1 N–H and O–H groups in total. The van der Waals surface area contributed by atoms with Crippen LogP contribution in [-0.2, 0) is 17.4 Å². The molecule has 0 spiro atoms. The van der Waals surface area contributed by atoms with Crippen molar-refractivity contribution in [3.8, 4) is 17.6 Å². The summed E-state index contributed by atoms with van der Waals surface area (Å²) >= 11 is 0. The number of benzene rings is 2. The molecule has 26 heavy (non-hydrogen) atoms. The predicted molar refractivity (Wildman–Crippen MR) is 92.6 cm³/mol. The number of carbonyl (C=O) groups is 1. The summed E-state index contributed by atoms with van der Waals surface area (Å²) < 4.78 is 43.2. The molecule has 1 amide bonds. The number of hydrogen-bond donors (Lipinski definition) is 1. The highest BCUT2D eigenvalue weighted by Crippen LogP contribution is 2.29. The van der Waals surface area contributed by atoms with Crippen molar-refractivity contribution in [1.29, 1.82) is 0 Å². The topological polar surface area (TPSA) is 38.3 Å². The smallest absolute Gasteiger partial charge is 0.416 e. The zero-order valence-corrected chi connectivity index (χ0v) is 14.2.